The third-order valence-electron chi connectivity index (χ3n) is 2.96. The Labute approximate surface area is 61.2 Å². The molecule has 2 fully saturated rings. The molecule has 2 aliphatic rings. The van der Waals surface area contributed by atoms with Crippen molar-refractivity contribution in [3.8, 4) is 0 Å². The lowest BCUT2D eigenvalue weighted by Crippen LogP contribution is -2.25. The van der Waals surface area contributed by atoms with Gasteiger partial charge in [-0.25, -0.2) is 0 Å². The summed E-state index contributed by atoms with van der Waals surface area (Å²) >= 11 is 0. The van der Waals surface area contributed by atoms with Gasteiger partial charge in [0.25, 0.3) is 0 Å². The Bertz CT molecular complexity index is 155. The summed E-state index contributed by atoms with van der Waals surface area (Å²) in [6.45, 7) is 0.801. The summed E-state index contributed by atoms with van der Waals surface area (Å²) in [5, 5.41) is 0. The molecule has 0 aromatic carbocycles. The summed E-state index contributed by atoms with van der Waals surface area (Å²) in [5.41, 5.74) is 0. The van der Waals surface area contributed by atoms with Crippen LogP contribution >= 0.6 is 0 Å². The number of fused-ring (bicyclic) bond motifs is 1. The van der Waals surface area contributed by atoms with Crippen molar-refractivity contribution in [1.82, 2.24) is 0 Å². The summed E-state index contributed by atoms with van der Waals surface area (Å²) in [5.74, 6) is 0.756. The van der Waals surface area contributed by atoms with Crippen molar-refractivity contribution in [2.24, 2.45) is 5.92 Å². The van der Waals surface area contributed by atoms with Gasteiger partial charge in [-0.1, -0.05) is 6.42 Å². The van der Waals surface area contributed by atoms with E-state index in [4.69, 9.17) is 0 Å². The van der Waals surface area contributed by atoms with Crippen LogP contribution in [0.2, 0.25) is 0 Å². The lowest BCUT2D eigenvalue weighted by atomic mass is 9.86. The van der Waals surface area contributed by atoms with Gasteiger partial charge in [-0.15, -0.1) is 0 Å². The van der Waals surface area contributed by atoms with Crippen molar-refractivity contribution >= 4 is 0 Å². The number of rotatable bonds is 0. The zero-order valence-corrected chi connectivity index (χ0v) is 6.25. The molecular formula is C8H14NO+. The van der Waals surface area contributed by atoms with Crippen LogP contribution in [0.5, 0.6) is 0 Å². The predicted octanol–water partition coefficient (Wildman–Crippen LogP) is 1.73. The fourth-order valence-corrected chi connectivity index (χ4v) is 2.36. The Balaban J connectivity index is 2.08. The van der Waals surface area contributed by atoms with Crippen LogP contribution in [0.3, 0.4) is 0 Å². The molecule has 1 heterocycles. The Hall–Kier alpha value is -0.400. The molecule has 1 saturated heterocycles. The number of nitroso groups, excluding NO2 is 1. The van der Waals surface area contributed by atoms with Gasteiger partial charge in [0.15, 0.2) is 6.54 Å². The Morgan fingerprint density at radius 1 is 1.10 bits per heavy atom. The molecule has 10 heavy (non-hydrogen) atoms. The number of hydrogen-bond donors (Lipinski definition) is 0. The molecule has 2 rings (SSSR count). The number of nitrogens with zero attached hydrogens (tertiary/aromatic N) is 1. The third kappa shape index (κ3) is 0.862. The maximum Gasteiger partial charge on any atom is 0.204 e. The van der Waals surface area contributed by atoms with Crippen LogP contribution in [0.4, 0.5) is 0 Å². The van der Waals surface area contributed by atoms with Crippen molar-refractivity contribution in [3.63, 3.8) is 0 Å². The van der Waals surface area contributed by atoms with Gasteiger partial charge in [0.05, 0.1) is 0 Å². The van der Waals surface area contributed by atoms with E-state index < -0.39 is 0 Å². The highest BCUT2D eigenvalue weighted by Crippen LogP contribution is 2.33. The second kappa shape index (κ2) is 2.33. The van der Waals surface area contributed by atoms with Crippen molar-refractivity contribution in [2.75, 3.05) is 6.54 Å². The monoisotopic (exact) mass is 140 g/mol. The van der Waals surface area contributed by atoms with Gasteiger partial charge in [-0.05, 0) is 12.8 Å². The molecule has 0 amide bonds. The molecule has 0 aromatic heterocycles. The van der Waals surface area contributed by atoms with Gasteiger partial charge in [-0.3, -0.25) is 0 Å². The van der Waals surface area contributed by atoms with Crippen molar-refractivity contribution < 1.29 is 4.76 Å². The first-order valence-corrected chi connectivity index (χ1v) is 4.32. The van der Waals surface area contributed by atoms with Gasteiger partial charge in [0.2, 0.25) is 6.04 Å². The van der Waals surface area contributed by atoms with E-state index in [0.717, 1.165) is 25.3 Å². The van der Waals surface area contributed by atoms with Gasteiger partial charge in [0.1, 0.15) is 0 Å². The molecule has 1 aliphatic carbocycles. The van der Waals surface area contributed by atoms with E-state index in [2.05, 4.69) is 0 Å². The molecule has 0 N–H and O–H groups in total. The zero-order valence-electron chi connectivity index (χ0n) is 6.25. The van der Waals surface area contributed by atoms with Gasteiger partial charge in [-0.2, -0.15) is 0 Å². The van der Waals surface area contributed by atoms with E-state index in [9.17, 15) is 4.91 Å². The third-order valence-corrected chi connectivity index (χ3v) is 2.96. The Morgan fingerprint density at radius 3 is 2.70 bits per heavy atom. The van der Waals surface area contributed by atoms with Crippen LogP contribution in [-0.2, 0) is 0 Å². The molecule has 2 atom stereocenters. The largest absolute Gasteiger partial charge is 0.204 e. The van der Waals surface area contributed by atoms with Crippen molar-refractivity contribution in [3.05, 3.63) is 4.91 Å². The second-order valence-corrected chi connectivity index (χ2v) is 3.54. The predicted molar refractivity (Wildman–Crippen MR) is 38.9 cm³/mol. The number of hydrogen-bond acceptors (Lipinski definition) is 1. The van der Waals surface area contributed by atoms with E-state index in [1.54, 1.807) is 0 Å². The molecule has 2 nitrogen and oxygen atoms in total. The van der Waals surface area contributed by atoms with Gasteiger partial charge in [0, 0.05) is 28.4 Å². The van der Waals surface area contributed by atoms with Gasteiger partial charge < -0.3 is 0 Å². The molecule has 0 bridgehead atoms. The summed E-state index contributed by atoms with van der Waals surface area (Å²) in [6.07, 6.45) is 6.26. The standard InChI is InChI=1S/C8H14NO/c10-9-6-5-7-3-1-2-4-8(7)9/h7-8H,1-6H2/q+1. The van der Waals surface area contributed by atoms with Crippen molar-refractivity contribution in [2.45, 2.75) is 38.1 Å². The quantitative estimate of drug-likeness (QED) is 0.469. The van der Waals surface area contributed by atoms with Crippen LogP contribution in [0.25, 0.3) is 0 Å². The Kier molecular flexibility index (Phi) is 1.47. The molecule has 56 valence electrons. The van der Waals surface area contributed by atoms with Crippen molar-refractivity contribution in [1.29, 1.82) is 0 Å². The highest BCUT2D eigenvalue weighted by Gasteiger charge is 2.42. The lowest BCUT2D eigenvalue weighted by molar-refractivity contribution is -0.570. The van der Waals surface area contributed by atoms with E-state index in [1.807, 2.05) is 0 Å². The molecule has 0 aromatic rings. The summed E-state index contributed by atoms with van der Waals surface area (Å²) in [6, 6.07) is 0.411. The topological polar surface area (TPSA) is 20.1 Å². The van der Waals surface area contributed by atoms with Crippen LogP contribution in [0, 0.1) is 10.8 Å². The molecule has 0 radical (unpaired) electrons. The average molecular weight is 140 g/mol. The minimum absolute atomic E-state index is 0.411. The maximum absolute atomic E-state index is 11.1. The van der Waals surface area contributed by atoms with Crippen LogP contribution in [0.1, 0.15) is 32.1 Å². The van der Waals surface area contributed by atoms with E-state index in [1.165, 1.54) is 24.0 Å². The molecule has 2 heteroatoms. The molecule has 1 aliphatic heterocycles. The highest BCUT2D eigenvalue weighted by molar-refractivity contribution is 4.78. The van der Waals surface area contributed by atoms with Crippen LogP contribution in [-0.4, -0.2) is 17.3 Å². The molecular weight excluding hydrogens is 126 g/mol. The maximum atomic E-state index is 11.1. The first-order valence-electron chi connectivity index (χ1n) is 4.32. The molecule has 1 saturated carbocycles. The molecule has 0 spiro atoms. The van der Waals surface area contributed by atoms with E-state index in [-0.39, 0.29) is 0 Å². The van der Waals surface area contributed by atoms with E-state index >= 15 is 0 Å². The smallest absolute Gasteiger partial charge is 0.0525 e. The molecule has 2 unspecified atom stereocenters. The highest BCUT2D eigenvalue weighted by atomic mass is 16.3. The average Bonchev–Trinajstić information content (AvgIpc) is 2.34. The first kappa shape index (κ1) is 6.32. The lowest BCUT2D eigenvalue weighted by Gasteiger charge is -2.17. The summed E-state index contributed by atoms with van der Waals surface area (Å²) in [4.78, 5) is 11.1. The van der Waals surface area contributed by atoms with Crippen LogP contribution < -0.4 is 0 Å². The zero-order chi connectivity index (χ0) is 6.97. The fourth-order valence-electron chi connectivity index (χ4n) is 2.36. The Morgan fingerprint density at radius 2 is 1.90 bits per heavy atom. The van der Waals surface area contributed by atoms with Crippen LogP contribution in [0.15, 0.2) is 0 Å². The minimum atomic E-state index is 0.411. The first-order chi connectivity index (χ1) is 4.88. The normalized spacial score (nSPS) is 39.8. The van der Waals surface area contributed by atoms with Gasteiger partial charge >= 0.3 is 0 Å². The fraction of sp³-hybridized carbons (Fsp3) is 1.00. The second-order valence-electron chi connectivity index (χ2n) is 3.54. The summed E-state index contributed by atoms with van der Waals surface area (Å²) in [7, 11) is 0. The SMILES string of the molecule is O=[N+]1CCC2CCCCC21. The minimum Gasteiger partial charge on any atom is -0.0525 e. The van der Waals surface area contributed by atoms with E-state index in [0.29, 0.717) is 6.04 Å². The summed E-state index contributed by atoms with van der Waals surface area (Å²) < 4.78 is 1.31.